The molecular weight excluding hydrogens is 170 g/mol. The molecule has 1 aromatic heterocycles. The largest absolute Gasteiger partial charge is 0.253 e. The molecule has 0 unspecified atom stereocenters. The fourth-order valence-electron chi connectivity index (χ4n) is 1.83. The van der Waals surface area contributed by atoms with Crippen LogP contribution in [-0.2, 0) is 6.42 Å². The number of nitrogens with zero attached hydrogens (tertiary/aromatic N) is 1. The van der Waals surface area contributed by atoms with Crippen molar-refractivity contribution >= 4 is 10.9 Å². The van der Waals surface area contributed by atoms with Crippen LogP contribution in [0.1, 0.15) is 23.7 Å². The Bertz CT molecular complexity index is 472. The van der Waals surface area contributed by atoms with Gasteiger partial charge in [-0.1, -0.05) is 19.1 Å². The van der Waals surface area contributed by atoms with E-state index in [1.165, 1.54) is 22.2 Å². The molecular formula is C13H15N. The molecule has 0 amide bonds. The lowest BCUT2D eigenvalue weighted by Crippen LogP contribution is -1.90. The molecule has 14 heavy (non-hydrogen) atoms. The van der Waals surface area contributed by atoms with Crippen LogP contribution in [0.2, 0.25) is 0 Å². The third-order valence-corrected chi connectivity index (χ3v) is 2.58. The maximum absolute atomic E-state index is 4.62. The molecule has 1 heteroatoms. The van der Waals surface area contributed by atoms with Crippen molar-refractivity contribution < 1.29 is 0 Å². The molecule has 0 saturated carbocycles. The topological polar surface area (TPSA) is 12.9 Å². The van der Waals surface area contributed by atoms with Crippen molar-refractivity contribution in [1.29, 1.82) is 0 Å². The normalized spacial score (nSPS) is 10.8. The summed E-state index contributed by atoms with van der Waals surface area (Å²) in [5.74, 6) is 0. The van der Waals surface area contributed by atoms with E-state index in [0.29, 0.717) is 0 Å². The van der Waals surface area contributed by atoms with Crippen molar-refractivity contribution in [2.24, 2.45) is 0 Å². The second-order valence-corrected chi connectivity index (χ2v) is 3.80. The van der Waals surface area contributed by atoms with Gasteiger partial charge in [-0.15, -0.1) is 0 Å². The predicted octanol–water partition coefficient (Wildman–Crippen LogP) is 3.41. The number of fused-ring (bicyclic) bond motifs is 1. The molecule has 0 atom stereocenters. The molecule has 0 saturated heterocycles. The van der Waals surface area contributed by atoms with E-state index in [1.54, 1.807) is 0 Å². The summed E-state index contributed by atoms with van der Waals surface area (Å²) in [4.78, 5) is 4.62. The maximum Gasteiger partial charge on any atom is 0.0710 e. The quantitative estimate of drug-likeness (QED) is 0.663. The molecule has 1 aromatic carbocycles. The van der Waals surface area contributed by atoms with Crippen molar-refractivity contribution in [1.82, 2.24) is 4.98 Å². The average Bonchev–Trinajstić information content (AvgIpc) is 2.16. The lowest BCUT2D eigenvalue weighted by atomic mass is 10.1. The zero-order valence-corrected chi connectivity index (χ0v) is 8.96. The first-order valence-corrected chi connectivity index (χ1v) is 5.07. The van der Waals surface area contributed by atoms with Gasteiger partial charge in [0.15, 0.2) is 0 Å². The van der Waals surface area contributed by atoms with Crippen LogP contribution in [0.3, 0.4) is 0 Å². The van der Waals surface area contributed by atoms with Gasteiger partial charge in [0, 0.05) is 11.1 Å². The highest BCUT2D eigenvalue weighted by Gasteiger charge is 2.00. The van der Waals surface area contributed by atoms with Crippen molar-refractivity contribution in [3.05, 3.63) is 41.1 Å². The molecule has 0 spiro atoms. The minimum absolute atomic E-state index is 1.00. The fourth-order valence-corrected chi connectivity index (χ4v) is 1.83. The summed E-state index contributed by atoms with van der Waals surface area (Å²) in [7, 11) is 0. The van der Waals surface area contributed by atoms with Gasteiger partial charge in [-0.05, 0) is 43.5 Å². The Morgan fingerprint density at radius 3 is 2.64 bits per heavy atom. The van der Waals surface area contributed by atoms with Crippen LogP contribution in [0.15, 0.2) is 24.3 Å². The Labute approximate surface area is 84.8 Å². The van der Waals surface area contributed by atoms with E-state index in [9.17, 15) is 0 Å². The number of rotatable bonds is 1. The second-order valence-electron chi connectivity index (χ2n) is 3.80. The molecule has 0 aliphatic carbocycles. The van der Waals surface area contributed by atoms with E-state index in [-0.39, 0.29) is 0 Å². The number of benzene rings is 1. The van der Waals surface area contributed by atoms with E-state index >= 15 is 0 Å². The van der Waals surface area contributed by atoms with E-state index in [4.69, 9.17) is 0 Å². The fraction of sp³-hybridized carbons (Fsp3) is 0.308. The molecule has 0 N–H and O–H groups in total. The third kappa shape index (κ3) is 1.50. The Kier molecular flexibility index (Phi) is 2.24. The van der Waals surface area contributed by atoms with Crippen molar-refractivity contribution in [2.45, 2.75) is 27.2 Å². The van der Waals surface area contributed by atoms with Gasteiger partial charge in [-0.2, -0.15) is 0 Å². The standard InChI is InChI=1S/C13H15N/c1-4-11-5-6-12-10(3)7-9(2)8-13(12)14-11/h5-8H,4H2,1-3H3. The Hall–Kier alpha value is -1.37. The minimum atomic E-state index is 1.00. The highest BCUT2D eigenvalue weighted by molar-refractivity contribution is 5.82. The molecule has 1 heterocycles. The van der Waals surface area contributed by atoms with Crippen LogP contribution in [-0.4, -0.2) is 4.98 Å². The van der Waals surface area contributed by atoms with Gasteiger partial charge >= 0.3 is 0 Å². The molecule has 0 radical (unpaired) electrons. The summed E-state index contributed by atoms with van der Waals surface area (Å²) in [5.41, 5.74) is 4.90. The summed E-state index contributed by atoms with van der Waals surface area (Å²) in [6, 6.07) is 8.65. The minimum Gasteiger partial charge on any atom is -0.253 e. The van der Waals surface area contributed by atoms with E-state index in [0.717, 1.165) is 11.9 Å². The zero-order chi connectivity index (χ0) is 10.1. The summed E-state index contributed by atoms with van der Waals surface area (Å²) >= 11 is 0. The van der Waals surface area contributed by atoms with E-state index in [1.807, 2.05) is 0 Å². The van der Waals surface area contributed by atoms with Gasteiger partial charge in [0.05, 0.1) is 5.52 Å². The lowest BCUT2D eigenvalue weighted by molar-refractivity contribution is 1.06. The first-order chi connectivity index (χ1) is 6.70. The van der Waals surface area contributed by atoms with Crippen LogP contribution >= 0.6 is 0 Å². The van der Waals surface area contributed by atoms with Gasteiger partial charge in [0.25, 0.3) is 0 Å². The Morgan fingerprint density at radius 1 is 1.14 bits per heavy atom. The predicted molar refractivity (Wildman–Crippen MR) is 60.6 cm³/mol. The molecule has 0 aliphatic rings. The number of aromatic nitrogens is 1. The van der Waals surface area contributed by atoms with Crippen LogP contribution in [0.25, 0.3) is 10.9 Å². The first kappa shape index (κ1) is 9.20. The first-order valence-electron chi connectivity index (χ1n) is 5.07. The van der Waals surface area contributed by atoms with Crippen LogP contribution in [0, 0.1) is 13.8 Å². The summed E-state index contributed by atoms with van der Waals surface area (Å²) in [6.45, 7) is 6.40. The van der Waals surface area contributed by atoms with Gasteiger partial charge in [0.2, 0.25) is 0 Å². The maximum atomic E-state index is 4.62. The van der Waals surface area contributed by atoms with Crippen LogP contribution in [0.4, 0.5) is 0 Å². The van der Waals surface area contributed by atoms with Crippen LogP contribution < -0.4 is 0 Å². The van der Waals surface area contributed by atoms with Gasteiger partial charge in [-0.25, -0.2) is 0 Å². The van der Waals surface area contributed by atoms with Gasteiger partial charge in [-0.3, -0.25) is 4.98 Å². The highest BCUT2D eigenvalue weighted by atomic mass is 14.7. The van der Waals surface area contributed by atoms with E-state index < -0.39 is 0 Å². The SMILES string of the molecule is CCc1ccc2c(C)cc(C)cc2n1. The average molecular weight is 185 g/mol. The number of aryl methyl sites for hydroxylation is 3. The van der Waals surface area contributed by atoms with Crippen molar-refractivity contribution in [3.8, 4) is 0 Å². The van der Waals surface area contributed by atoms with Crippen LogP contribution in [0.5, 0.6) is 0 Å². The Morgan fingerprint density at radius 2 is 1.93 bits per heavy atom. The third-order valence-electron chi connectivity index (χ3n) is 2.58. The molecule has 1 nitrogen and oxygen atoms in total. The molecule has 0 aliphatic heterocycles. The number of hydrogen-bond acceptors (Lipinski definition) is 1. The lowest BCUT2D eigenvalue weighted by Gasteiger charge is -2.05. The van der Waals surface area contributed by atoms with Crippen molar-refractivity contribution in [2.75, 3.05) is 0 Å². The molecule has 2 rings (SSSR count). The molecule has 72 valence electrons. The highest BCUT2D eigenvalue weighted by Crippen LogP contribution is 2.19. The second kappa shape index (κ2) is 3.41. The monoisotopic (exact) mass is 185 g/mol. The smallest absolute Gasteiger partial charge is 0.0710 e. The number of hydrogen-bond donors (Lipinski definition) is 0. The molecule has 0 fully saturated rings. The summed E-state index contributed by atoms with van der Waals surface area (Å²) < 4.78 is 0. The van der Waals surface area contributed by atoms with Gasteiger partial charge in [0.1, 0.15) is 0 Å². The summed E-state index contributed by atoms with van der Waals surface area (Å²) in [5, 5.41) is 1.27. The van der Waals surface area contributed by atoms with Gasteiger partial charge < -0.3 is 0 Å². The Balaban J connectivity index is 2.75. The molecule has 2 aromatic rings. The van der Waals surface area contributed by atoms with E-state index in [2.05, 4.69) is 50.0 Å². The molecule has 0 bridgehead atoms. The van der Waals surface area contributed by atoms with Crippen molar-refractivity contribution in [3.63, 3.8) is 0 Å². The summed E-state index contributed by atoms with van der Waals surface area (Å²) in [6.07, 6.45) is 1.00. The zero-order valence-electron chi connectivity index (χ0n) is 8.96. The number of pyridine rings is 1.